The molecule has 2 amide bonds. The number of para-hydroxylation sites is 1. The Bertz CT molecular complexity index is 1030. The molecule has 0 bridgehead atoms. The standard InChI is InChI=1S/C22H21N3O3/c1-14-8-9-20(28-3)18(12-14)25-22(27)19-13-16(10-11-23-19)21(26)24-17-7-5-4-6-15(17)2/h4-13H,1-3H3,(H,24,26)(H,25,27). The van der Waals surface area contributed by atoms with Crippen LogP contribution in [0.15, 0.2) is 60.8 Å². The fourth-order valence-corrected chi connectivity index (χ4v) is 2.71. The summed E-state index contributed by atoms with van der Waals surface area (Å²) in [4.78, 5) is 29.3. The van der Waals surface area contributed by atoms with Crippen molar-refractivity contribution in [3.63, 3.8) is 0 Å². The molecule has 1 aromatic heterocycles. The van der Waals surface area contributed by atoms with E-state index in [1.807, 2.05) is 50.2 Å². The Balaban J connectivity index is 1.79. The van der Waals surface area contributed by atoms with Gasteiger partial charge in [-0.2, -0.15) is 0 Å². The number of ether oxygens (including phenoxy) is 1. The first-order chi connectivity index (χ1) is 13.5. The normalized spacial score (nSPS) is 10.2. The van der Waals surface area contributed by atoms with Crippen LogP contribution in [-0.2, 0) is 0 Å². The molecular weight excluding hydrogens is 354 g/mol. The largest absolute Gasteiger partial charge is 0.495 e. The third-order valence-electron chi connectivity index (χ3n) is 4.25. The van der Waals surface area contributed by atoms with E-state index < -0.39 is 5.91 Å². The van der Waals surface area contributed by atoms with Gasteiger partial charge in [0.2, 0.25) is 0 Å². The average molecular weight is 375 g/mol. The zero-order chi connectivity index (χ0) is 20.1. The SMILES string of the molecule is COc1ccc(C)cc1NC(=O)c1cc(C(=O)Nc2ccccc2C)ccn1. The van der Waals surface area contributed by atoms with Gasteiger partial charge in [-0.05, 0) is 55.3 Å². The monoisotopic (exact) mass is 375 g/mol. The van der Waals surface area contributed by atoms with Gasteiger partial charge in [0.25, 0.3) is 11.8 Å². The second kappa shape index (κ2) is 8.35. The van der Waals surface area contributed by atoms with Crippen LogP contribution < -0.4 is 15.4 Å². The lowest BCUT2D eigenvalue weighted by molar-refractivity contribution is 0.102. The zero-order valence-corrected chi connectivity index (χ0v) is 15.9. The molecule has 2 aromatic carbocycles. The quantitative estimate of drug-likeness (QED) is 0.700. The van der Waals surface area contributed by atoms with Crippen molar-refractivity contribution in [1.82, 2.24) is 4.98 Å². The van der Waals surface area contributed by atoms with Gasteiger partial charge in [0.1, 0.15) is 11.4 Å². The van der Waals surface area contributed by atoms with Crippen molar-refractivity contribution in [2.45, 2.75) is 13.8 Å². The number of nitrogens with zero attached hydrogens (tertiary/aromatic N) is 1. The first-order valence-electron chi connectivity index (χ1n) is 8.77. The van der Waals surface area contributed by atoms with E-state index in [1.165, 1.54) is 19.4 Å². The van der Waals surface area contributed by atoms with Crippen LogP contribution in [-0.4, -0.2) is 23.9 Å². The summed E-state index contributed by atoms with van der Waals surface area (Å²) >= 11 is 0. The molecule has 0 aliphatic rings. The number of hydrogen-bond acceptors (Lipinski definition) is 4. The lowest BCUT2D eigenvalue weighted by atomic mass is 10.1. The molecule has 0 fully saturated rings. The predicted molar refractivity (Wildman–Crippen MR) is 109 cm³/mol. The summed E-state index contributed by atoms with van der Waals surface area (Å²) in [6.45, 7) is 3.83. The van der Waals surface area contributed by atoms with Crippen molar-refractivity contribution in [1.29, 1.82) is 0 Å². The maximum absolute atomic E-state index is 12.6. The van der Waals surface area contributed by atoms with Gasteiger partial charge in [-0.1, -0.05) is 24.3 Å². The van der Waals surface area contributed by atoms with Crippen LogP contribution in [0.3, 0.4) is 0 Å². The predicted octanol–water partition coefficient (Wildman–Crippen LogP) is 4.21. The molecule has 1 heterocycles. The molecule has 0 aliphatic carbocycles. The number of amides is 2. The summed E-state index contributed by atoms with van der Waals surface area (Å²) in [7, 11) is 1.54. The summed E-state index contributed by atoms with van der Waals surface area (Å²) in [5.41, 5.74) is 3.69. The molecule has 0 spiro atoms. The number of methoxy groups -OCH3 is 1. The maximum Gasteiger partial charge on any atom is 0.274 e. The van der Waals surface area contributed by atoms with Crippen molar-refractivity contribution in [2.75, 3.05) is 17.7 Å². The van der Waals surface area contributed by atoms with Crippen molar-refractivity contribution < 1.29 is 14.3 Å². The Morgan fingerprint density at radius 2 is 1.64 bits per heavy atom. The fraction of sp³-hybridized carbons (Fsp3) is 0.136. The Morgan fingerprint density at radius 3 is 2.39 bits per heavy atom. The third-order valence-corrected chi connectivity index (χ3v) is 4.25. The van der Waals surface area contributed by atoms with E-state index in [1.54, 1.807) is 12.1 Å². The number of aromatic nitrogens is 1. The van der Waals surface area contributed by atoms with E-state index in [-0.39, 0.29) is 11.6 Å². The van der Waals surface area contributed by atoms with E-state index in [0.717, 1.165) is 16.8 Å². The van der Waals surface area contributed by atoms with Crippen molar-refractivity contribution in [3.05, 3.63) is 83.2 Å². The van der Waals surface area contributed by atoms with Gasteiger partial charge in [0, 0.05) is 17.4 Å². The van der Waals surface area contributed by atoms with E-state index >= 15 is 0 Å². The second-order valence-electron chi connectivity index (χ2n) is 6.36. The van der Waals surface area contributed by atoms with Gasteiger partial charge < -0.3 is 15.4 Å². The molecule has 142 valence electrons. The number of carbonyl (C=O) groups is 2. The van der Waals surface area contributed by atoms with Gasteiger partial charge >= 0.3 is 0 Å². The molecule has 2 N–H and O–H groups in total. The molecule has 0 atom stereocenters. The van der Waals surface area contributed by atoms with Crippen LogP contribution >= 0.6 is 0 Å². The number of rotatable bonds is 5. The van der Waals surface area contributed by atoms with E-state index in [0.29, 0.717) is 17.0 Å². The molecule has 0 saturated carbocycles. The Morgan fingerprint density at radius 1 is 0.893 bits per heavy atom. The van der Waals surface area contributed by atoms with Gasteiger partial charge in [-0.15, -0.1) is 0 Å². The smallest absolute Gasteiger partial charge is 0.274 e. The van der Waals surface area contributed by atoms with Gasteiger partial charge in [0.05, 0.1) is 12.8 Å². The lowest BCUT2D eigenvalue weighted by Gasteiger charge is -2.11. The second-order valence-corrected chi connectivity index (χ2v) is 6.36. The molecule has 28 heavy (non-hydrogen) atoms. The maximum atomic E-state index is 12.6. The van der Waals surface area contributed by atoms with Crippen molar-refractivity contribution >= 4 is 23.2 Å². The average Bonchev–Trinajstić information content (AvgIpc) is 2.70. The van der Waals surface area contributed by atoms with Gasteiger partial charge in [-0.25, -0.2) is 0 Å². The topological polar surface area (TPSA) is 80.3 Å². The number of nitrogens with one attached hydrogen (secondary N) is 2. The Hall–Kier alpha value is -3.67. The highest BCUT2D eigenvalue weighted by Gasteiger charge is 2.14. The molecule has 0 saturated heterocycles. The highest BCUT2D eigenvalue weighted by molar-refractivity contribution is 6.08. The fourth-order valence-electron chi connectivity index (χ4n) is 2.71. The molecule has 3 aromatic rings. The number of benzene rings is 2. The third kappa shape index (κ3) is 4.35. The molecule has 0 unspecified atom stereocenters. The number of aryl methyl sites for hydroxylation is 2. The first-order valence-corrected chi connectivity index (χ1v) is 8.77. The molecule has 3 rings (SSSR count). The van der Waals surface area contributed by atoms with Crippen LogP contribution in [0.25, 0.3) is 0 Å². The number of hydrogen-bond donors (Lipinski definition) is 2. The highest BCUT2D eigenvalue weighted by Crippen LogP contribution is 2.25. The minimum Gasteiger partial charge on any atom is -0.495 e. The van der Waals surface area contributed by atoms with E-state index in [2.05, 4.69) is 15.6 Å². The number of anilines is 2. The van der Waals surface area contributed by atoms with Crippen LogP contribution in [0.1, 0.15) is 32.0 Å². The summed E-state index contributed by atoms with van der Waals surface area (Å²) in [5, 5.41) is 5.64. The Kier molecular flexibility index (Phi) is 5.69. The summed E-state index contributed by atoms with van der Waals surface area (Å²) in [5.74, 6) is -0.180. The van der Waals surface area contributed by atoms with Gasteiger partial charge in [-0.3, -0.25) is 14.6 Å². The summed E-state index contributed by atoms with van der Waals surface area (Å²) in [6, 6.07) is 16.0. The number of carbonyl (C=O) groups excluding carboxylic acids is 2. The molecule has 0 aliphatic heterocycles. The molecule has 0 radical (unpaired) electrons. The summed E-state index contributed by atoms with van der Waals surface area (Å²) in [6.07, 6.45) is 1.44. The van der Waals surface area contributed by atoms with E-state index in [9.17, 15) is 9.59 Å². The minimum atomic E-state index is -0.422. The first kappa shape index (κ1) is 19.1. The van der Waals surface area contributed by atoms with Gasteiger partial charge in [0.15, 0.2) is 0 Å². The highest BCUT2D eigenvalue weighted by atomic mass is 16.5. The van der Waals surface area contributed by atoms with Crippen LogP contribution in [0.4, 0.5) is 11.4 Å². The number of pyridine rings is 1. The minimum absolute atomic E-state index is 0.140. The van der Waals surface area contributed by atoms with E-state index in [4.69, 9.17) is 4.74 Å². The Labute approximate surface area is 163 Å². The van der Waals surface area contributed by atoms with Crippen LogP contribution in [0, 0.1) is 13.8 Å². The summed E-state index contributed by atoms with van der Waals surface area (Å²) < 4.78 is 5.28. The molecule has 6 heteroatoms. The molecular formula is C22H21N3O3. The van der Waals surface area contributed by atoms with Crippen LogP contribution in [0.2, 0.25) is 0 Å². The lowest BCUT2D eigenvalue weighted by Crippen LogP contribution is -2.17. The van der Waals surface area contributed by atoms with Crippen molar-refractivity contribution in [3.8, 4) is 5.75 Å². The van der Waals surface area contributed by atoms with Crippen LogP contribution in [0.5, 0.6) is 5.75 Å². The van der Waals surface area contributed by atoms with Crippen molar-refractivity contribution in [2.24, 2.45) is 0 Å². The molecule has 6 nitrogen and oxygen atoms in total. The zero-order valence-electron chi connectivity index (χ0n) is 15.9.